The molecule has 0 unspecified atom stereocenters. The molecule has 0 bridgehead atoms. The van der Waals surface area contributed by atoms with Crippen molar-refractivity contribution in [1.29, 1.82) is 5.26 Å². The third-order valence-corrected chi connectivity index (χ3v) is 2.67. The summed E-state index contributed by atoms with van der Waals surface area (Å²) in [4.78, 5) is 0. The van der Waals surface area contributed by atoms with Crippen molar-refractivity contribution in [2.24, 2.45) is 0 Å². The maximum absolute atomic E-state index is 8.90. The van der Waals surface area contributed by atoms with Crippen LogP contribution in [0.1, 0.15) is 11.1 Å². The first-order valence-corrected chi connectivity index (χ1v) is 5.69. The lowest BCUT2D eigenvalue weighted by atomic mass is 10.1. The van der Waals surface area contributed by atoms with Crippen LogP contribution in [0.5, 0.6) is 5.75 Å². The molecule has 0 aliphatic heterocycles. The molecular weight excluding hydrogens is 224 g/mol. The second-order valence-corrected chi connectivity index (χ2v) is 3.86. The fourth-order valence-corrected chi connectivity index (χ4v) is 1.74. The van der Waals surface area contributed by atoms with E-state index >= 15 is 0 Å². The van der Waals surface area contributed by atoms with Gasteiger partial charge >= 0.3 is 0 Å². The lowest BCUT2D eigenvalue weighted by Crippen LogP contribution is -2.02. The van der Waals surface area contributed by atoms with Gasteiger partial charge in [-0.3, -0.25) is 0 Å². The van der Waals surface area contributed by atoms with Crippen LogP contribution in [0.4, 0.5) is 5.69 Å². The Morgan fingerprint density at radius 1 is 1.17 bits per heavy atom. The quantitative estimate of drug-likeness (QED) is 0.889. The molecule has 2 rings (SSSR count). The third-order valence-electron chi connectivity index (χ3n) is 2.67. The highest BCUT2D eigenvalue weighted by molar-refractivity contribution is 5.47. The van der Waals surface area contributed by atoms with Crippen molar-refractivity contribution in [2.75, 3.05) is 12.4 Å². The summed E-state index contributed by atoms with van der Waals surface area (Å²) < 4.78 is 5.28. The van der Waals surface area contributed by atoms with Gasteiger partial charge in [0.1, 0.15) is 5.75 Å². The fourth-order valence-electron chi connectivity index (χ4n) is 1.74. The van der Waals surface area contributed by atoms with Crippen LogP contribution < -0.4 is 10.1 Å². The van der Waals surface area contributed by atoms with Gasteiger partial charge in [-0.25, -0.2) is 0 Å². The first-order chi connectivity index (χ1) is 8.83. The monoisotopic (exact) mass is 238 g/mol. The van der Waals surface area contributed by atoms with E-state index in [4.69, 9.17) is 10.00 Å². The lowest BCUT2D eigenvalue weighted by molar-refractivity contribution is 0.410. The molecule has 0 aliphatic carbocycles. The Bertz CT molecular complexity index is 558. The standard InChI is InChI=1S/C15H14N2O/c1-18-15-8-7-12(10-16)9-13(15)11-17-14-5-3-2-4-6-14/h2-9,17H,11H2,1H3. The van der Waals surface area contributed by atoms with Gasteiger partial charge in [-0.1, -0.05) is 18.2 Å². The van der Waals surface area contributed by atoms with Crippen LogP contribution in [-0.4, -0.2) is 7.11 Å². The average molecular weight is 238 g/mol. The summed E-state index contributed by atoms with van der Waals surface area (Å²) in [7, 11) is 1.63. The number of nitriles is 1. The topological polar surface area (TPSA) is 45.0 Å². The first kappa shape index (κ1) is 12.0. The third kappa shape index (κ3) is 2.80. The molecule has 2 aromatic carbocycles. The Hall–Kier alpha value is -2.47. The van der Waals surface area contributed by atoms with E-state index < -0.39 is 0 Å². The number of nitrogens with one attached hydrogen (secondary N) is 1. The summed E-state index contributed by atoms with van der Waals surface area (Å²) in [6.07, 6.45) is 0. The van der Waals surface area contributed by atoms with Crippen molar-refractivity contribution >= 4 is 5.69 Å². The Morgan fingerprint density at radius 3 is 2.61 bits per heavy atom. The molecular formula is C15H14N2O. The highest BCUT2D eigenvalue weighted by atomic mass is 16.5. The lowest BCUT2D eigenvalue weighted by Gasteiger charge is -2.10. The molecule has 90 valence electrons. The summed E-state index contributed by atoms with van der Waals surface area (Å²) in [6, 6.07) is 17.5. The number of methoxy groups -OCH3 is 1. The largest absolute Gasteiger partial charge is 0.496 e. The Kier molecular flexibility index (Phi) is 3.83. The van der Waals surface area contributed by atoms with Crippen LogP contribution in [0.25, 0.3) is 0 Å². The van der Waals surface area contributed by atoms with E-state index in [0.717, 1.165) is 17.0 Å². The van der Waals surface area contributed by atoms with E-state index in [-0.39, 0.29) is 0 Å². The summed E-state index contributed by atoms with van der Waals surface area (Å²) in [5, 5.41) is 12.2. The molecule has 1 N–H and O–H groups in total. The van der Waals surface area contributed by atoms with E-state index in [2.05, 4.69) is 11.4 Å². The number of nitrogens with zero attached hydrogens (tertiary/aromatic N) is 1. The van der Waals surface area contributed by atoms with Crippen LogP contribution in [0.15, 0.2) is 48.5 Å². The number of hydrogen-bond acceptors (Lipinski definition) is 3. The minimum Gasteiger partial charge on any atom is -0.496 e. The summed E-state index contributed by atoms with van der Waals surface area (Å²) in [5.74, 6) is 0.789. The van der Waals surface area contributed by atoms with Crippen LogP contribution in [0.3, 0.4) is 0 Å². The minimum absolute atomic E-state index is 0.628. The molecule has 2 aromatic rings. The zero-order chi connectivity index (χ0) is 12.8. The molecule has 0 saturated heterocycles. The highest BCUT2D eigenvalue weighted by Crippen LogP contribution is 2.21. The van der Waals surface area contributed by atoms with Gasteiger partial charge in [-0.05, 0) is 30.3 Å². The second-order valence-electron chi connectivity index (χ2n) is 3.86. The van der Waals surface area contributed by atoms with Crippen LogP contribution >= 0.6 is 0 Å². The summed E-state index contributed by atoms with van der Waals surface area (Å²) >= 11 is 0. The summed E-state index contributed by atoms with van der Waals surface area (Å²) in [6.45, 7) is 0.628. The first-order valence-electron chi connectivity index (χ1n) is 5.69. The maximum Gasteiger partial charge on any atom is 0.123 e. The molecule has 3 heteroatoms. The number of benzene rings is 2. The van der Waals surface area contributed by atoms with Gasteiger partial charge in [0.15, 0.2) is 0 Å². The van der Waals surface area contributed by atoms with Gasteiger partial charge in [0.05, 0.1) is 18.7 Å². The molecule has 0 fully saturated rings. The minimum atomic E-state index is 0.628. The number of ether oxygens (including phenoxy) is 1. The van der Waals surface area contributed by atoms with Crippen molar-refractivity contribution in [2.45, 2.75) is 6.54 Å². The predicted molar refractivity (Wildman–Crippen MR) is 71.5 cm³/mol. The fraction of sp³-hybridized carbons (Fsp3) is 0.133. The average Bonchev–Trinajstić information content (AvgIpc) is 2.45. The van der Waals surface area contributed by atoms with Crippen molar-refractivity contribution in [3.63, 3.8) is 0 Å². The number of para-hydroxylation sites is 1. The van der Waals surface area contributed by atoms with Gasteiger partial charge in [-0.2, -0.15) is 5.26 Å². The van der Waals surface area contributed by atoms with Gasteiger partial charge in [0, 0.05) is 17.8 Å². The van der Waals surface area contributed by atoms with Crippen molar-refractivity contribution in [1.82, 2.24) is 0 Å². The smallest absolute Gasteiger partial charge is 0.123 e. The molecule has 0 heterocycles. The molecule has 0 radical (unpaired) electrons. The zero-order valence-electron chi connectivity index (χ0n) is 10.2. The number of anilines is 1. The Balaban J connectivity index is 2.15. The van der Waals surface area contributed by atoms with Crippen LogP contribution in [-0.2, 0) is 6.54 Å². The molecule has 0 aromatic heterocycles. The van der Waals surface area contributed by atoms with Gasteiger partial charge in [-0.15, -0.1) is 0 Å². The Labute approximate surface area is 107 Å². The SMILES string of the molecule is COc1ccc(C#N)cc1CNc1ccccc1. The van der Waals surface area contributed by atoms with E-state index in [1.807, 2.05) is 42.5 Å². The molecule has 0 atom stereocenters. The summed E-state index contributed by atoms with van der Waals surface area (Å²) in [5.41, 5.74) is 2.66. The van der Waals surface area contributed by atoms with Gasteiger partial charge in [0.2, 0.25) is 0 Å². The molecule has 3 nitrogen and oxygen atoms in total. The van der Waals surface area contributed by atoms with Gasteiger partial charge < -0.3 is 10.1 Å². The molecule has 0 saturated carbocycles. The number of hydrogen-bond donors (Lipinski definition) is 1. The van der Waals surface area contributed by atoms with Crippen molar-refractivity contribution in [3.05, 3.63) is 59.7 Å². The Morgan fingerprint density at radius 2 is 1.94 bits per heavy atom. The predicted octanol–water partition coefficient (Wildman–Crippen LogP) is 3.18. The zero-order valence-corrected chi connectivity index (χ0v) is 10.2. The van der Waals surface area contributed by atoms with Crippen molar-refractivity contribution < 1.29 is 4.74 Å². The maximum atomic E-state index is 8.90. The molecule has 18 heavy (non-hydrogen) atoms. The molecule has 0 amide bonds. The van der Waals surface area contributed by atoms with Crippen LogP contribution in [0, 0.1) is 11.3 Å². The van der Waals surface area contributed by atoms with E-state index in [9.17, 15) is 0 Å². The second kappa shape index (κ2) is 5.74. The molecule has 0 aliphatic rings. The van der Waals surface area contributed by atoms with E-state index in [1.54, 1.807) is 13.2 Å². The number of rotatable bonds is 4. The van der Waals surface area contributed by atoms with Crippen LogP contribution in [0.2, 0.25) is 0 Å². The van der Waals surface area contributed by atoms with Crippen molar-refractivity contribution in [3.8, 4) is 11.8 Å². The van der Waals surface area contributed by atoms with E-state index in [0.29, 0.717) is 12.1 Å². The van der Waals surface area contributed by atoms with E-state index in [1.165, 1.54) is 0 Å². The normalized spacial score (nSPS) is 9.56. The highest BCUT2D eigenvalue weighted by Gasteiger charge is 2.04. The van der Waals surface area contributed by atoms with Gasteiger partial charge in [0.25, 0.3) is 0 Å². The molecule has 0 spiro atoms.